The average molecular weight is 476 g/mol. The summed E-state index contributed by atoms with van der Waals surface area (Å²) in [7, 11) is -2.45. The smallest absolute Gasteiger partial charge is 0.269 e. The van der Waals surface area contributed by atoms with Gasteiger partial charge in [0.2, 0.25) is 0 Å². The molecule has 2 atom stereocenters. The van der Waals surface area contributed by atoms with Crippen LogP contribution in [-0.2, 0) is 10.1 Å². The summed E-state index contributed by atoms with van der Waals surface area (Å²) in [5.41, 5.74) is 3.18. The van der Waals surface area contributed by atoms with Gasteiger partial charge in [0, 0.05) is 12.1 Å². The third kappa shape index (κ3) is 5.94. The second kappa shape index (κ2) is 9.56. The van der Waals surface area contributed by atoms with Crippen LogP contribution in [0.4, 0.5) is 17.1 Å². The van der Waals surface area contributed by atoms with Gasteiger partial charge < -0.3 is 4.74 Å². The van der Waals surface area contributed by atoms with Gasteiger partial charge in [0.1, 0.15) is 11.4 Å². The summed E-state index contributed by atoms with van der Waals surface area (Å²) in [4.78, 5) is 10.4. The van der Waals surface area contributed by atoms with Crippen LogP contribution in [0.1, 0.15) is 63.0 Å². The van der Waals surface area contributed by atoms with Gasteiger partial charge in [0.25, 0.3) is 15.8 Å². The van der Waals surface area contributed by atoms with Crippen LogP contribution in [0.5, 0.6) is 5.75 Å². The molecule has 0 radical (unpaired) electrons. The highest BCUT2D eigenvalue weighted by molar-refractivity contribution is 7.85. The third-order valence-corrected chi connectivity index (χ3v) is 7.10. The molecule has 2 aromatic rings. The fourth-order valence-electron chi connectivity index (χ4n) is 4.80. The van der Waals surface area contributed by atoms with Gasteiger partial charge >= 0.3 is 0 Å². The summed E-state index contributed by atoms with van der Waals surface area (Å²) in [5, 5.41) is 19.4. The second-order valence-corrected chi connectivity index (χ2v) is 10.8. The fourth-order valence-corrected chi connectivity index (χ4v) is 5.33. The van der Waals surface area contributed by atoms with Gasteiger partial charge in [-0.25, -0.2) is 0 Å². The Balaban J connectivity index is 1.94. The van der Waals surface area contributed by atoms with Gasteiger partial charge in [0.15, 0.2) is 0 Å². The first-order valence-electron chi connectivity index (χ1n) is 10.7. The summed E-state index contributed by atoms with van der Waals surface area (Å²) < 4.78 is 37.1. The topological polar surface area (TPSA) is 131 Å². The number of methoxy groups -OCH3 is 1. The van der Waals surface area contributed by atoms with E-state index in [1.54, 1.807) is 7.11 Å². The van der Waals surface area contributed by atoms with Crippen molar-refractivity contribution in [3.8, 4) is 5.75 Å². The molecule has 0 aliphatic heterocycles. The number of nitro groups is 1. The summed E-state index contributed by atoms with van der Waals surface area (Å²) in [6.07, 6.45) is 1.91. The molecule has 9 nitrogen and oxygen atoms in total. The molecular formula is C23H29N3O6S. The zero-order chi connectivity index (χ0) is 24.4. The number of hydrogen-bond donors (Lipinski definition) is 1. The molecule has 3 rings (SSSR count). The number of benzene rings is 2. The monoisotopic (exact) mass is 475 g/mol. The minimum Gasteiger partial charge on any atom is -0.494 e. The first-order valence-corrected chi connectivity index (χ1v) is 12.4. The Kier molecular flexibility index (Phi) is 7.18. The van der Waals surface area contributed by atoms with E-state index in [1.165, 1.54) is 24.3 Å². The lowest BCUT2D eigenvalue weighted by atomic mass is 9.61. The minimum absolute atomic E-state index is 0.0169. The number of nitrogens with zero attached hydrogens (tertiary/aromatic N) is 3. The molecule has 33 heavy (non-hydrogen) atoms. The van der Waals surface area contributed by atoms with Crippen LogP contribution in [-0.4, -0.2) is 30.8 Å². The first kappa shape index (κ1) is 24.8. The summed E-state index contributed by atoms with van der Waals surface area (Å²) in [6, 6.07) is 9.72. The molecule has 2 unspecified atom stereocenters. The van der Waals surface area contributed by atoms with Crippen molar-refractivity contribution < 1.29 is 22.6 Å². The number of hydrogen-bond acceptors (Lipinski definition) is 7. The lowest BCUT2D eigenvalue weighted by Gasteiger charge is -2.43. The minimum atomic E-state index is -4.00. The van der Waals surface area contributed by atoms with E-state index in [-0.39, 0.29) is 28.7 Å². The van der Waals surface area contributed by atoms with Crippen LogP contribution in [0.25, 0.3) is 0 Å². The zero-order valence-corrected chi connectivity index (χ0v) is 20.0. The molecule has 0 bridgehead atoms. The van der Waals surface area contributed by atoms with E-state index in [9.17, 15) is 18.5 Å². The van der Waals surface area contributed by atoms with Gasteiger partial charge in [-0.3, -0.25) is 14.7 Å². The van der Waals surface area contributed by atoms with Crippen LogP contribution < -0.4 is 4.74 Å². The standard InChI is InChI=1S/C23H29N3O6S/c1-15-14-23(2,3)20(6-5-11-33(29,30)31)19-13-22(32-4)21(12-18(15)19)25-24-16-7-9-17(10-8-16)26(27)28/h7-10,12-13,15,20H,5-6,11,14H2,1-4H3,(H,29,30,31)/b25-24+. The Morgan fingerprint density at radius 3 is 2.42 bits per heavy atom. The van der Waals surface area contributed by atoms with Crippen LogP contribution in [0, 0.1) is 15.5 Å². The predicted molar refractivity (Wildman–Crippen MR) is 125 cm³/mol. The predicted octanol–water partition coefficient (Wildman–Crippen LogP) is 6.30. The molecule has 10 heteroatoms. The third-order valence-electron chi connectivity index (χ3n) is 6.30. The van der Waals surface area contributed by atoms with E-state index in [0.717, 1.165) is 17.5 Å². The Labute approximate surface area is 193 Å². The largest absolute Gasteiger partial charge is 0.494 e. The second-order valence-electron chi connectivity index (χ2n) is 9.20. The van der Waals surface area contributed by atoms with Crippen LogP contribution >= 0.6 is 0 Å². The van der Waals surface area contributed by atoms with E-state index in [2.05, 4.69) is 31.0 Å². The Morgan fingerprint density at radius 1 is 1.18 bits per heavy atom. The van der Waals surface area contributed by atoms with Crippen LogP contribution in [0.2, 0.25) is 0 Å². The molecule has 2 aromatic carbocycles. The normalized spacial score (nSPS) is 19.9. The number of rotatable bonds is 8. The molecule has 0 saturated carbocycles. The maximum absolute atomic E-state index is 11.2. The molecule has 1 aliphatic carbocycles. The average Bonchev–Trinajstić information content (AvgIpc) is 2.73. The molecule has 0 amide bonds. The lowest BCUT2D eigenvalue weighted by molar-refractivity contribution is -0.384. The maximum atomic E-state index is 11.2. The lowest BCUT2D eigenvalue weighted by Crippen LogP contribution is -2.30. The van der Waals surface area contributed by atoms with E-state index in [4.69, 9.17) is 9.29 Å². The van der Waals surface area contributed by atoms with Crippen molar-refractivity contribution in [3.63, 3.8) is 0 Å². The number of ether oxygens (including phenoxy) is 1. The Morgan fingerprint density at radius 2 is 1.85 bits per heavy atom. The number of fused-ring (bicyclic) bond motifs is 1. The van der Waals surface area contributed by atoms with Gasteiger partial charge in [-0.1, -0.05) is 20.8 Å². The van der Waals surface area contributed by atoms with Gasteiger partial charge in [-0.2, -0.15) is 13.5 Å². The van der Waals surface area contributed by atoms with Crippen molar-refractivity contribution in [2.24, 2.45) is 15.6 Å². The van der Waals surface area contributed by atoms with Crippen LogP contribution in [0.15, 0.2) is 46.6 Å². The molecule has 1 aliphatic rings. The molecule has 0 saturated heterocycles. The fraction of sp³-hybridized carbons (Fsp3) is 0.478. The highest BCUT2D eigenvalue weighted by Gasteiger charge is 2.39. The molecule has 0 spiro atoms. The van der Waals surface area contributed by atoms with Crippen LogP contribution in [0.3, 0.4) is 0 Å². The maximum Gasteiger partial charge on any atom is 0.269 e. The van der Waals surface area contributed by atoms with E-state index in [1.807, 2.05) is 12.1 Å². The van der Waals surface area contributed by atoms with Crippen molar-refractivity contribution in [1.82, 2.24) is 0 Å². The summed E-state index contributed by atoms with van der Waals surface area (Å²) >= 11 is 0. The Hall–Kier alpha value is -2.85. The highest BCUT2D eigenvalue weighted by Crippen LogP contribution is 2.54. The number of azo groups is 1. The molecule has 0 heterocycles. The molecule has 178 valence electrons. The van der Waals surface area contributed by atoms with Crippen molar-refractivity contribution in [2.75, 3.05) is 12.9 Å². The zero-order valence-electron chi connectivity index (χ0n) is 19.2. The van der Waals surface area contributed by atoms with Gasteiger partial charge in [0.05, 0.1) is 23.5 Å². The van der Waals surface area contributed by atoms with E-state index < -0.39 is 15.0 Å². The SMILES string of the molecule is COc1cc2c(cc1/N=N/c1ccc([N+](=O)[O-])cc1)C(C)CC(C)(C)C2CCCS(=O)(=O)O. The van der Waals surface area contributed by atoms with Gasteiger partial charge in [-0.05, 0) is 71.9 Å². The summed E-state index contributed by atoms with van der Waals surface area (Å²) in [6.45, 7) is 6.51. The number of non-ortho nitro benzene ring substituents is 1. The molecule has 0 aromatic heterocycles. The molecular weight excluding hydrogens is 446 g/mol. The van der Waals surface area contributed by atoms with Crippen molar-refractivity contribution in [2.45, 2.75) is 51.9 Å². The first-order chi connectivity index (χ1) is 15.4. The summed E-state index contributed by atoms with van der Waals surface area (Å²) in [5.74, 6) is 0.638. The molecule has 0 fully saturated rings. The van der Waals surface area contributed by atoms with Crippen molar-refractivity contribution in [1.29, 1.82) is 0 Å². The van der Waals surface area contributed by atoms with Crippen molar-refractivity contribution >= 4 is 27.2 Å². The number of nitro benzene ring substituents is 1. The van der Waals surface area contributed by atoms with Crippen molar-refractivity contribution in [3.05, 3.63) is 57.6 Å². The quantitative estimate of drug-likeness (QED) is 0.206. The van der Waals surface area contributed by atoms with Gasteiger partial charge in [-0.15, -0.1) is 5.11 Å². The highest BCUT2D eigenvalue weighted by atomic mass is 32.2. The van der Waals surface area contributed by atoms with E-state index >= 15 is 0 Å². The molecule has 1 N–H and O–H groups in total. The Bertz CT molecular complexity index is 1160. The van der Waals surface area contributed by atoms with E-state index in [0.29, 0.717) is 30.0 Å².